The molecular formula is C21H26IN3O2. The normalized spacial score (nSPS) is 25.7. The van der Waals surface area contributed by atoms with Crippen molar-refractivity contribution in [3.8, 4) is 11.5 Å². The molecular weight excluding hydrogens is 453 g/mol. The standard InChI is InChI=1S/C21H25N3O2.HI/c1-21(2)18(17-11-12-25-19(17)21)24-20(22)23-14-7-6-10-16(13-14)26-15-8-4-3-5-9-15;/h3-10,13,17-19H,11-12H2,1-2H3,(H3,22,23,24);1H. The van der Waals surface area contributed by atoms with Crippen molar-refractivity contribution in [3.05, 3.63) is 54.6 Å². The Morgan fingerprint density at radius 3 is 2.67 bits per heavy atom. The van der Waals surface area contributed by atoms with E-state index in [1.54, 1.807) is 0 Å². The van der Waals surface area contributed by atoms with E-state index in [1.807, 2.05) is 54.6 Å². The van der Waals surface area contributed by atoms with Crippen LogP contribution in [0.5, 0.6) is 11.5 Å². The molecule has 0 aromatic heterocycles. The van der Waals surface area contributed by atoms with Crippen molar-refractivity contribution < 1.29 is 9.47 Å². The molecule has 27 heavy (non-hydrogen) atoms. The Balaban J connectivity index is 0.00000210. The van der Waals surface area contributed by atoms with Gasteiger partial charge in [-0.1, -0.05) is 38.1 Å². The van der Waals surface area contributed by atoms with Crippen molar-refractivity contribution in [2.75, 3.05) is 11.9 Å². The van der Waals surface area contributed by atoms with E-state index in [1.165, 1.54) is 0 Å². The van der Waals surface area contributed by atoms with E-state index >= 15 is 0 Å². The molecule has 2 aliphatic rings. The van der Waals surface area contributed by atoms with E-state index in [9.17, 15) is 0 Å². The van der Waals surface area contributed by atoms with Crippen molar-refractivity contribution in [3.63, 3.8) is 0 Å². The number of hydrogen-bond donors (Lipinski definition) is 2. The SMILES string of the molecule is CC1(C)C(N=C(N)Nc2cccc(Oc3ccccc3)c2)C2CCOC21.I. The molecule has 4 rings (SSSR count). The zero-order chi connectivity index (χ0) is 18.1. The third-order valence-electron chi connectivity index (χ3n) is 5.40. The second kappa shape index (κ2) is 8.06. The van der Waals surface area contributed by atoms with Crippen molar-refractivity contribution in [2.45, 2.75) is 32.4 Å². The Labute approximate surface area is 177 Å². The molecule has 3 unspecified atom stereocenters. The summed E-state index contributed by atoms with van der Waals surface area (Å²) < 4.78 is 11.7. The lowest BCUT2D eigenvalue weighted by Gasteiger charge is -2.52. The van der Waals surface area contributed by atoms with Crippen molar-refractivity contribution in [1.82, 2.24) is 0 Å². The summed E-state index contributed by atoms with van der Waals surface area (Å²) in [5.41, 5.74) is 7.07. The molecule has 3 atom stereocenters. The number of nitrogens with one attached hydrogen (secondary N) is 1. The Kier molecular flexibility index (Phi) is 5.95. The second-order valence-electron chi connectivity index (χ2n) is 7.59. The van der Waals surface area contributed by atoms with E-state index < -0.39 is 0 Å². The summed E-state index contributed by atoms with van der Waals surface area (Å²) in [6.07, 6.45) is 1.38. The number of anilines is 1. The first-order chi connectivity index (χ1) is 12.5. The molecule has 3 N–H and O–H groups in total. The van der Waals surface area contributed by atoms with E-state index in [2.05, 4.69) is 19.2 Å². The van der Waals surface area contributed by atoms with Gasteiger partial charge in [-0.05, 0) is 30.7 Å². The Morgan fingerprint density at radius 2 is 1.89 bits per heavy atom. The fourth-order valence-electron chi connectivity index (χ4n) is 4.15. The van der Waals surface area contributed by atoms with Gasteiger partial charge in [0.15, 0.2) is 5.96 Å². The highest BCUT2D eigenvalue weighted by Gasteiger charge is 2.59. The average Bonchev–Trinajstić information content (AvgIpc) is 3.08. The highest BCUT2D eigenvalue weighted by molar-refractivity contribution is 14.0. The van der Waals surface area contributed by atoms with Gasteiger partial charge in [-0.3, -0.25) is 0 Å². The third kappa shape index (κ3) is 4.06. The number of benzene rings is 2. The lowest BCUT2D eigenvalue weighted by Crippen LogP contribution is -2.59. The third-order valence-corrected chi connectivity index (χ3v) is 5.40. The average molecular weight is 479 g/mol. The lowest BCUT2D eigenvalue weighted by atomic mass is 9.57. The van der Waals surface area contributed by atoms with Gasteiger partial charge in [0.25, 0.3) is 0 Å². The first-order valence-corrected chi connectivity index (χ1v) is 9.09. The fourth-order valence-corrected chi connectivity index (χ4v) is 4.15. The summed E-state index contributed by atoms with van der Waals surface area (Å²) in [5.74, 6) is 2.47. The lowest BCUT2D eigenvalue weighted by molar-refractivity contribution is -0.0985. The highest BCUT2D eigenvalue weighted by atomic mass is 127. The van der Waals surface area contributed by atoms with Crippen LogP contribution >= 0.6 is 24.0 Å². The van der Waals surface area contributed by atoms with Crippen LogP contribution in [-0.2, 0) is 4.74 Å². The van der Waals surface area contributed by atoms with Gasteiger partial charge in [-0.25, -0.2) is 4.99 Å². The molecule has 1 saturated carbocycles. The van der Waals surface area contributed by atoms with Gasteiger partial charge in [0, 0.05) is 29.7 Å². The van der Waals surface area contributed by atoms with E-state index in [4.69, 9.17) is 20.2 Å². The van der Waals surface area contributed by atoms with Crippen LogP contribution in [0.4, 0.5) is 5.69 Å². The Morgan fingerprint density at radius 1 is 1.15 bits per heavy atom. The molecule has 6 heteroatoms. The minimum atomic E-state index is 0. The summed E-state index contributed by atoms with van der Waals surface area (Å²) in [6.45, 7) is 5.24. The molecule has 0 bridgehead atoms. The highest BCUT2D eigenvalue weighted by Crippen LogP contribution is 2.53. The van der Waals surface area contributed by atoms with Gasteiger partial charge in [-0.15, -0.1) is 24.0 Å². The first kappa shape index (κ1) is 19.9. The number of rotatable bonds is 4. The van der Waals surface area contributed by atoms with Crippen molar-refractivity contribution in [2.24, 2.45) is 22.1 Å². The fraction of sp³-hybridized carbons (Fsp3) is 0.381. The van der Waals surface area contributed by atoms with Crippen LogP contribution in [0, 0.1) is 11.3 Å². The summed E-state index contributed by atoms with van der Waals surface area (Å²) in [7, 11) is 0. The number of aliphatic imine (C=N–C) groups is 1. The zero-order valence-corrected chi connectivity index (χ0v) is 17.9. The summed E-state index contributed by atoms with van der Waals surface area (Å²) in [4.78, 5) is 4.75. The zero-order valence-electron chi connectivity index (χ0n) is 15.6. The maximum Gasteiger partial charge on any atom is 0.193 e. The maximum absolute atomic E-state index is 6.18. The minimum absolute atomic E-state index is 0. The van der Waals surface area contributed by atoms with Crippen LogP contribution in [-0.4, -0.2) is 24.7 Å². The van der Waals surface area contributed by atoms with Gasteiger partial charge < -0.3 is 20.5 Å². The van der Waals surface area contributed by atoms with Gasteiger partial charge >= 0.3 is 0 Å². The van der Waals surface area contributed by atoms with Gasteiger partial charge in [0.1, 0.15) is 11.5 Å². The molecule has 1 aliphatic carbocycles. The van der Waals surface area contributed by atoms with Crippen molar-refractivity contribution in [1.29, 1.82) is 0 Å². The maximum atomic E-state index is 6.18. The van der Waals surface area contributed by atoms with Crippen LogP contribution in [0.2, 0.25) is 0 Å². The largest absolute Gasteiger partial charge is 0.457 e. The van der Waals surface area contributed by atoms with E-state index in [-0.39, 0.29) is 35.4 Å². The summed E-state index contributed by atoms with van der Waals surface area (Å²) >= 11 is 0. The Bertz CT molecular complexity index is 810. The second-order valence-corrected chi connectivity index (χ2v) is 7.59. The summed E-state index contributed by atoms with van der Waals surface area (Å²) in [6, 6.07) is 17.6. The van der Waals surface area contributed by atoms with Crippen LogP contribution in [0.15, 0.2) is 59.6 Å². The molecule has 2 aromatic rings. The smallest absolute Gasteiger partial charge is 0.193 e. The molecule has 1 saturated heterocycles. The van der Waals surface area contributed by atoms with E-state index in [0.717, 1.165) is 30.2 Å². The number of nitrogens with zero attached hydrogens (tertiary/aromatic N) is 1. The van der Waals surface area contributed by atoms with Gasteiger partial charge in [0.2, 0.25) is 0 Å². The number of para-hydroxylation sites is 1. The molecule has 5 nitrogen and oxygen atoms in total. The molecule has 0 amide bonds. The molecule has 144 valence electrons. The van der Waals surface area contributed by atoms with Crippen molar-refractivity contribution >= 4 is 35.6 Å². The van der Waals surface area contributed by atoms with E-state index in [0.29, 0.717) is 18.0 Å². The first-order valence-electron chi connectivity index (χ1n) is 9.09. The molecule has 0 spiro atoms. The minimum Gasteiger partial charge on any atom is -0.457 e. The van der Waals surface area contributed by atoms with Crippen LogP contribution in [0.25, 0.3) is 0 Å². The Hall–Kier alpha value is -1.80. The number of fused-ring (bicyclic) bond motifs is 1. The van der Waals surface area contributed by atoms with Gasteiger partial charge in [0.05, 0.1) is 12.1 Å². The monoisotopic (exact) mass is 479 g/mol. The van der Waals surface area contributed by atoms with Crippen LogP contribution < -0.4 is 15.8 Å². The molecule has 0 radical (unpaired) electrons. The number of halogens is 1. The van der Waals surface area contributed by atoms with Crippen LogP contribution in [0.1, 0.15) is 20.3 Å². The predicted molar refractivity (Wildman–Crippen MR) is 119 cm³/mol. The number of hydrogen-bond acceptors (Lipinski definition) is 3. The number of nitrogens with two attached hydrogens (primary N) is 1. The van der Waals surface area contributed by atoms with Crippen LogP contribution in [0.3, 0.4) is 0 Å². The number of guanidine groups is 1. The molecule has 2 fully saturated rings. The molecule has 2 aromatic carbocycles. The molecule has 1 aliphatic heterocycles. The molecule has 1 heterocycles. The predicted octanol–water partition coefficient (Wildman–Crippen LogP) is 4.64. The number of ether oxygens (including phenoxy) is 2. The quantitative estimate of drug-likeness (QED) is 0.381. The van der Waals surface area contributed by atoms with Gasteiger partial charge in [-0.2, -0.15) is 0 Å². The topological polar surface area (TPSA) is 68.9 Å². The summed E-state index contributed by atoms with van der Waals surface area (Å²) in [5, 5.41) is 3.19.